The summed E-state index contributed by atoms with van der Waals surface area (Å²) < 4.78 is 43.2. The van der Waals surface area contributed by atoms with Gasteiger partial charge in [0.25, 0.3) is 5.91 Å². The predicted molar refractivity (Wildman–Crippen MR) is 143 cm³/mol. The molecule has 0 aliphatic carbocycles. The lowest BCUT2D eigenvalue weighted by Gasteiger charge is -2.37. The lowest BCUT2D eigenvalue weighted by Crippen LogP contribution is -2.46. The molecule has 11 heteroatoms. The molecule has 1 aromatic heterocycles. The Morgan fingerprint density at radius 3 is 2.08 bits per heavy atom. The number of amides is 1. The number of rotatable bonds is 7. The number of carbonyl (C=O) groups is 1. The van der Waals surface area contributed by atoms with Crippen molar-refractivity contribution in [2.45, 2.75) is 39.3 Å². The number of benzene rings is 2. The minimum absolute atomic E-state index is 0.0895. The number of carbonyl (C=O) groups excluding carboxylic acids is 1. The van der Waals surface area contributed by atoms with Gasteiger partial charge in [-0.15, -0.1) is 13.2 Å². The highest BCUT2D eigenvalue weighted by molar-refractivity contribution is 5.94. The number of alkyl halides is 3. The number of fused-ring (bicyclic) bond motifs is 1. The first-order chi connectivity index (χ1) is 18.7. The first-order valence-corrected chi connectivity index (χ1v) is 13.2. The van der Waals surface area contributed by atoms with Gasteiger partial charge in [-0.3, -0.25) is 9.69 Å². The summed E-state index contributed by atoms with van der Waals surface area (Å²) in [5.41, 5.74) is 4.51. The molecular weight excluding hydrogens is 509 g/mol. The molecule has 2 aromatic carbocycles. The Bertz CT molecular complexity index is 1280. The first kappa shape index (κ1) is 26.9. The van der Waals surface area contributed by atoms with E-state index in [2.05, 4.69) is 48.5 Å². The number of hydrogen-bond acceptors (Lipinski definition) is 6. The molecule has 2 aliphatic rings. The first-order valence-electron chi connectivity index (χ1n) is 13.2. The molecule has 3 aromatic rings. The minimum atomic E-state index is -4.69. The number of ether oxygens (including phenoxy) is 1. The van der Waals surface area contributed by atoms with Crippen LogP contribution in [-0.2, 0) is 26.1 Å². The average Bonchev–Trinajstić information content (AvgIpc) is 3.29. The molecule has 0 radical (unpaired) electrons. The molecule has 8 nitrogen and oxygen atoms in total. The van der Waals surface area contributed by atoms with E-state index in [9.17, 15) is 18.0 Å². The van der Waals surface area contributed by atoms with Crippen molar-refractivity contribution in [2.75, 3.05) is 49.6 Å². The molecule has 3 heterocycles. The van der Waals surface area contributed by atoms with E-state index in [-0.39, 0.29) is 11.7 Å². The number of piperazine rings is 1. The second-order valence-corrected chi connectivity index (χ2v) is 9.93. The van der Waals surface area contributed by atoms with Gasteiger partial charge < -0.3 is 24.4 Å². The van der Waals surface area contributed by atoms with Crippen LogP contribution in [-0.4, -0.2) is 66.5 Å². The molecule has 5 rings (SSSR count). The molecule has 0 atom stereocenters. The average molecular weight is 543 g/mol. The summed E-state index contributed by atoms with van der Waals surface area (Å²) in [7, 11) is 2.06. The van der Waals surface area contributed by atoms with E-state index < -0.39 is 6.36 Å². The lowest BCUT2D eigenvalue weighted by atomic mass is 10.1. The molecule has 208 valence electrons. The van der Waals surface area contributed by atoms with Crippen LogP contribution in [0.15, 0.2) is 48.5 Å². The van der Waals surface area contributed by atoms with Gasteiger partial charge in [-0.2, -0.15) is 0 Å². The van der Waals surface area contributed by atoms with Crippen LogP contribution in [0.2, 0.25) is 0 Å². The number of aromatic nitrogens is 2. The van der Waals surface area contributed by atoms with Crippen molar-refractivity contribution in [3.8, 4) is 5.75 Å². The summed E-state index contributed by atoms with van der Waals surface area (Å²) in [6.07, 6.45) is -3.98. The Kier molecular flexibility index (Phi) is 7.69. The lowest BCUT2D eigenvalue weighted by molar-refractivity contribution is -0.274. The van der Waals surface area contributed by atoms with Gasteiger partial charge >= 0.3 is 6.36 Å². The molecule has 1 saturated heterocycles. The topological polar surface area (TPSA) is 65.9 Å². The molecule has 0 spiro atoms. The number of halogens is 3. The van der Waals surface area contributed by atoms with Gasteiger partial charge in [-0.1, -0.05) is 19.1 Å². The maximum absolute atomic E-state index is 13.1. The number of hydrogen-bond donors (Lipinski definition) is 1. The Labute approximate surface area is 226 Å². The van der Waals surface area contributed by atoms with Crippen LogP contribution in [0.4, 0.5) is 24.5 Å². The van der Waals surface area contributed by atoms with Crippen LogP contribution < -0.4 is 19.9 Å². The third kappa shape index (κ3) is 6.30. The van der Waals surface area contributed by atoms with E-state index in [4.69, 9.17) is 4.98 Å². The summed E-state index contributed by atoms with van der Waals surface area (Å²) in [6.45, 7) is 7.95. The SMILES string of the molecule is CCc1nc2n(c1C(=O)NCc1ccc(N3CCN(c4ccc(OC(F)(F)F)cc4)CC3)cc1)CCN(C)C2. The third-order valence-corrected chi connectivity index (χ3v) is 7.26. The van der Waals surface area contributed by atoms with Crippen molar-refractivity contribution in [2.24, 2.45) is 0 Å². The van der Waals surface area contributed by atoms with Crippen LogP contribution in [0.25, 0.3) is 0 Å². The van der Waals surface area contributed by atoms with Crippen molar-refractivity contribution in [3.05, 3.63) is 71.3 Å². The van der Waals surface area contributed by atoms with E-state index >= 15 is 0 Å². The summed E-state index contributed by atoms with van der Waals surface area (Å²) in [5, 5.41) is 3.07. The van der Waals surface area contributed by atoms with Crippen molar-refractivity contribution in [3.63, 3.8) is 0 Å². The Balaban J connectivity index is 1.14. The molecular formula is C28H33F3N6O2. The summed E-state index contributed by atoms with van der Waals surface area (Å²) >= 11 is 0. The number of imidazole rings is 1. The second kappa shape index (κ2) is 11.2. The van der Waals surface area contributed by atoms with Gasteiger partial charge in [0.05, 0.1) is 12.2 Å². The van der Waals surface area contributed by atoms with E-state index in [1.54, 1.807) is 12.1 Å². The van der Waals surface area contributed by atoms with Crippen LogP contribution >= 0.6 is 0 Å². The van der Waals surface area contributed by atoms with Crippen molar-refractivity contribution in [1.82, 2.24) is 19.8 Å². The normalized spacial score (nSPS) is 16.2. The van der Waals surface area contributed by atoms with Gasteiger partial charge in [0, 0.05) is 57.2 Å². The van der Waals surface area contributed by atoms with E-state index in [1.807, 2.05) is 19.1 Å². The quantitative estimate of drug-likeness (QED) is 0.486. The fraction of sp³-hybridized carbons (Fsp3) is 0.429. The summed E-state index contributed by atoms with van der Waals surface area (Å²) in [5.74, 6) is 0.639. The van der Waals surface area contributed by atoms with Gasteiger partial charge in [-0.05, 0) is 55.4 Å². The molecule has 0 saturated carbocycles. The fourth-order valence-corrected chi connectivity index (χ4v) is 5.18. The second-order valence-electron chi connectivity index (χ2n) is 9.93. The van der Waals surface area contributed by atoms with Crippen LogP contribution in [0.3, 0.4) is 0 Å². The highest BCUT2D eigenvalue weighted by Gasteiger charge is 2.31. The van der Waals surface area contributed by atoms with Crippen molar-refractivity contribution >= 4 is 17.3 Å². The molecule has 39 heavy (non-hydrogen) atoms. The van der Waals surface area contributed by atoms with Crippen LogP contribution in [0.1, 0.15) is 34.5 Å². The smallest absolute Gasteiger partial charge is 0.406 e. The zero-order chi connectivity index (χ0) is 27.6. The third-order valence-electron chi connectivity index (χ3n) is 7.26. The number of nitrogens with zero attached hydrogens (tertiary/aromatic N) is 5. The van der Waals surface area contributed by atoms with E-state index in [0.717, 1.165) is 74.3 Å². The van der Waals surface area contributed by atoms with Crippen LogP contribution in [0, 0.1) is 0 Å². The standard InChI is InChI=1S/C28H33F3N6O2/c1-3-24-26(37-17-12-34(2)19-25(37)33-24)27(38)32-18-20-4-6-21(7-5-20)35-13-15-36(16-14-35)22-8-10-23(11-9-22)39-28(29,30)31/h4-11H,3,12-19H2,1-2H3,(H,32,38). The van der Waals surface area contributed by atoms with Gasteiger partial charge in [0.1, 0.15) is 17.3 Å². The summed E-state index contributed by atoms with van der Waals surface area (Å²) in [6, 6.07) is 14.2. The molecule has 2 aliphatic heterocycles. The number of likely N-dealkylation sites (N-methyl/N-ethyl adjacent to an activating group) is 1. The van der Waals surface area contributed by atoms with Crippen LogP contribution in [0.5, 0.6) is 5.75 Å². The predicted octanol–water partition coefficient (Wildman–Crippen LogP) is 4.05. The van der Waals surface area contributed by atoms with Crippen molar-refractivity contribution in [1.29, 1.82) is 0 Å². The zero-order valence-electron chi connectivity index (χ0n) is 22.2. The Hall–Kier alpha value is -3.73. The summed E-state index contributed by atoms with van der Waals surface area (Å²) in [4.78, 5) is 24.4. The maximum Gasteiger partial charge on any atom is 0.573 e. The number of nitrogens with one attached hydrogen (secondary N) is 1. The van der Waals surface area contributed by atoms with Crippen molar-refractivity contribution < 1.29 is 22.7 Å². The minimum Gasteiger partial charge on any atom is -0.406 e. The van der Waals surface area contributed by atoms with Gasteiger partial charge in [0.15, 0.2) is 0 Å². The Morgan fingerprint density at radius 2 is 1.51 bits per heavy atom. The number of aryl methyl sites for hydroxylation is 1. The molecule has 0 unspecified atom stereocenters. The molecule has 1 N–H and O–H groups in total. The molecule has 1 amide bonds. The molecule has 1 fully saturated rings. The van der Waals surface area contributed by atoms with E-state index in [1.165, 1.54) is 12.1 Å². The monoisotopic (exact) mass is 542 g/mol. The molecule has 0 bridgehead atoms. The zero-order valence-corrected chi connectivity index (χ0v) is 22.2. The fourth-order valence-electron chi connectivity index (χ4n) is 5.18. The van der Waals surface area contributed by atoms with E-state index in [0.29, 0.717) is 18.7 Å². The maximum atomic E-state index is 13.1. The number of anilines is 2. The largest absolute Gasteiger partial charge is 0.573 e. The van der Waals surface area contributed by atoms with Gasteiger partial charge in [0.2, 0.25) is 0 Å². The highest BCUT2D eigenvalue weighted by Crippen LogP contribution is 2.27. The van der Waals surface area contributed by atoms with Gasteiger partial charge in [-0.25, -0.2) is 4.98 Å². The Morgan fingerprint density at radius 1 is 0.923 bits per heavy atom. The highest BCUT2D eigenvalue weighted by atomic mass is 19.4.